The number of amides is 1. The van der Waals surface area contributed by atoms with Gasteiger partial charge in [-0.2, -0.15) is 5.10 Å². The van der Waals surface area contributed by atoms with Crippen LogP contribution in [0.5, 0.6) is 5.75 Å². The van der Waals surface area contributed by atoms with Crippen LogP contribution in [0.2, 0.25) is 0 Å². The molecule has 1 atom stereocenters. The minimum atomic E-state index is -0.745. The van der Waals surface area contributed by atoms with Crippen molar-refractivity contribution in [3.8, 4) is 5.75 Å². The molecule has 3 aromatic rings. The highest BCUT2D eigenvalue weighted by Gasteiger charge is 2.52. The molecule has 190 valence electrons. The van der Waals surface area contributed by atoms with Crippen LogP contribution in [-0.4, -0.2) is 60.5 Å². The van der Waals surface area contributed by atoms with E-state index in [4.69, 9.17) is 29.6 Å². The van der Waals surface area contributed by atoms with Gasteiger partial charge in [0.25, 0.3) is 0 Å². The first-order valence-corrected chi connectivity index (χ1v) is 12.3. The molecule has 2 aliphatic rings. The van der Waals surface area contributed by atoms with E-state index in [1.165, 1.54) is 0 Å². The van der Waals surface area contributed by atoms with Crippen LogP contribution >= 0.6 is 0 Å². The van der Waals surface area contributed by atoms with Crippen molar-refractivity contribution in [2.45, 2.75) is 58.0 Å². The Morgan fingerprint density at radius 1 is 1.17 bits per heavy atom. The summed E-state index contributed by atoms with van der Waals surface area (Å²) in [7, 11) is 1.15. The molecule has 10 heteroatoms. The molecule has 0 aliphatic carbocycles. The van der Waals surface area contributed by atoms with E-state index in [1.54, 1.807) is 7.11 Å². The molecule has 2 saturated heterocycles. The third kappa shape index (κ3) is 4.51. The van der Waals surface area contributed by atoms with Crippen LogP contribution in [0.25, 0.3) is 10.9 Å². The summed E-state index contributed by atoms with van der Waals surface area (Å²) < 4.78 is 25.3. The summed E-state index contributed by atoms with van der Waals surface area (Å²) in [6.07, 6.45) is 1.62. The van der Waals surface area contributed by atoms with Gasteiger partial charge in [-0.3, -0.25) is 4.68 Å². The number of methoxy groups -OCH3 is 1. The van der Waals surface area contributed by atoms with Crippen LogP contribution in [0.4, 0.5) is 10.5 Å². The number of primary amides is 1. The van der Waals surface area contributed by atoms with Gasteiger partial charge >= 0.3 is 13.2 Å². The van der Waals surface area contributed by atoms with Gasteiger partial charge in [0.15, 0.2) is 0 Å². The van der Waals surface area contributed by atoms with E-state index in [0.717, 1.165) is 39.9 Å². The quantitative estimate of drug-likeness (QED) is 0.528. The van der Waals surface area contributed by atoms with E-state index in [-0.39, 0.29) is 6.10 Å². The van der Waals surface area contributed by atoms with Gasteiger partial charge in [0.05, 0.1) is 43.1 Å². The summed E-state index contributed by atoms with van der Waals surface area (Å²) in [6, 6.07) is 12.2. The molecular weight excluding hydrogens is 459 g/mol. The molecule has 2 aromatic carbocycles. The number of benzene rings is 2. The molecule has 2 fully saturated rings. The number of hydrogen-bond acceptors (Lipinski definition) is 7. The molecule has 1 aromatic heterocycles. The predicted molar refractivity (Wildman–Crippen MR) is 139 cm³/mol. The standard InChI is InChI=1S/C26H33BN4O5/c1-25(2)26(3,4)36-27(35-25)18-12-22(30-11-10-20(16-30)34-24(28)32)21-14-29-31(23(21)13-18)15-17-6-8-19(33-5)9-7-17/h6-9,12-14,20H,10-11,15-16H2,1-5H3,(H2,28,32). The predicted octanol–water partition coefficient (Wildman–Crippen LogP) is 3.07. The second-order valence-electron chi connectivity index (χ2n) is 10.5. The first-order chi connectivity index (χ1) is 17.1. The van der Waals surface area contributed by atoms with Gasteiger partial charge < -0.3 is 29.4 Å². The Morgan fingerprint density at radius 2 is 1.86 bits per heavy atom. The van der Waals surface area contributed by atoms with Gasteiger partial charge in [0, 0.05) is 24.0 Å². The molecule has 5 rings (SSSR count). The fourth-order valence-electron chi connectivity index (χ4n) is 4.79. The summed E-state index contributed by atoms with van der Waals surface area (Å²) in [5, 5.41) is 5.75. The second-order valence-corrected chi connectivity index (χ2v) is 10.5. The lowest BCUT2D eigenvalue weighted by Gasteiger charge is -2.32. The van der Waals surface area contributed by atoms with Crippen LogP contribution in [0.15, 0.2) is 42.6 Å². The lowest BCUT2D eigenvalue weighted by molar-refractivity contribution is 0.00578. The fourth-order valence-corrected chi connectivity index (χ4v) is 4.79. The zero-order valence-corrected chi connectivity index (χ0v) is 21.5. The lowest BCUT2D eigenvalue weighted by Crippen LogP contribution is -2.41. The zero-order valence-electron chi connectivity index (χ0n) is 21.5. The third-order valence-electron chi connectivity index (χ3n) is 7.55. The normalized spacial score (nSPS) is 20.8. The van der Waals surface area contributed by atoms with Crippen LogP contribution in [0, 0.1) is 0 Å². The molecule has 2 aliphatic heterocycles. The zero-order chi connectivity index (χ0) is 25.7. The molecule has 1 unspecified atom stereocenters. The summed E-state index contributed by atoms with van der Waals surface area (Å²) in [4.78, 5) is 13.5. The lowest BCUT2D eigenvalue weighted by atomic mass is 9.78. The number of hydrogen-bond donors (Lipinski definition) is 1. The summed E-state index contributed by atoms with van der Waals surface area (Å²) in [5.41, 5.74) is 8.38. The van der Waals surface area contributed by atoms with Crippen molar-refractivity contribution in [2.24, 2.45) is 5.73 Å². The molecule has 2 N–H and O–H groups in total. The first kappa shape index (κ1) is 24.5. The van der Waals surface area contributed by atoms with Gasteiger partial charge in [-0.25, -0.2) is 4.79 Å². The van der Waals surface area contributed by atoms with Crippen molar-refractivity contribution in [1.29, 1.82) is 0 Å². The molecule has 0 saturated carbocycles. The molecule has 1 amide bonds. The van der Waals surface area contributed by atoms with E-state index in [1.807, 2.05) is 62.8 Å². The highest BCUT2D eigenvalue weighted by molar-refractivity contribution is 6.62. The van der Waals surface area contributed by atoms with E-state index in [2.05, 4.69) is 17.0 Å². The Balaban J connectivity index is 1.54. The molecule has 0 radical (unpaired) electrons. The molecule has 0 spiro atoms. The molecule has 9 nitrogen and oxygen atoms in total. The highest BCUT2D eigenvalue weighted by Crippen LogP contribution is 2.38. The maximum absolute atomic E-state index is 11.3. The minimum Gasteiger partial charge on any atom is -0.497 e. The Labute approximate surface area is 211 Å². The number of nitrogens with zero attached hydrogens (tertiary/aromatic N) is 3. The van der Waals surface area contributed by atoms with E-state index in [9.17, 15) is 4.79 Å². The van der Waals surface area contributed by atoms with Gasteiger partial charge in [-0.1, -0.05) is 12.1 Å². The van der Waals surface area contributed by atoms with Crippen molar-refractivity contribution in [2.75, 3.05) is 25.1 Å². The fraction of sp³-hybridized carbons (Fsp3) is 0.462. The average molecular weight is 492 g/mol. The molecular formula is C26H33BN4O5. The topological polar surface area (TPSA) is 101 Å². The number of fused-ring (bicyclic) bond motifs is 1. The maximum Gasteiger partial charge on any atom is 0.494 e. The molecule has 0 bridgehead atoms. The van der Waals surface area contributed by atoms with Crippen molar-refractivity contribution < 1.29 is 23.6 Å². The van der Waals surface area contributed by atoms with Crippen LogP contribution < -0.4 is 20.8 Å². The van der Waals surface area contributed by atoms with Crippen molar-refractivity contribution in [3.05, 3.63) is 48.2 Å². The van der Waals surface area contributed by atoms with Gasteiger partial charge in [-0.05, 0) is 63.0 Å². The Bertz CT molecular complexity index is 1260. The van der Waals surface area contributed by atoms with E-state index in [0.29, 0.717) is 19.5 Å². The largest absolute Gasteiger partial charge is 0.497 e. The summed E-state index contributed by atoms with van der Waals surface area (Å²) in [6.45, 7) is 10.1. The Morgan fingerprint density at radius 3 is 2.50 bits per heavy atom. The Kier molecular flexibility index (Phi) is 6.12. The third-order valence-corrected chi connectivity index (χ3v) is 7.55. The SMILES string of the molecule is COc1ccc(Cn2ncc3c(N4CCC(OC(N)=O)C4)cc(B4OC(C)(C)C(C)(C)O4)cc32)cc1. The number of aromatic nitrogens is 2. The number of nitrogens with two attached hydrogens (primary N) is 1. The van der Waals surface area contributed by atoms with Crippen LogP contribution in [0.3, 0.4) is 0 Å². The van der Waals surface area contributed by atoms with Crippen LogP contribution in [0.1, 0.15) is 39.7 Å². The van der Waals surface area contributed by atoms with Gasteiger partial charge in [0.1, 0.15) is 11.9 Å². The van der Waals surface area contributed by atoms with Crippen molar-refractivity contribution >= 4 is 35.3 Å². The minimum absolute atomic E-state index is 0.243. The second kappa shape index (κ2) is 9.01. The van der Waals surface area contributed by atoms with Crippen LogP contribution in [-0.2, 0) is 20.6 Å². The summed E-state index contributed by atoms with van der Waals surface area (Å²) in [5.74, 6) is 0.816. The van der Waals surface area contributed by atoms with Gasteiger partial charge in [0.2, 0.25) is 0 Å². The Hall–Kier alpha value is -3.24. The highest BCUT2D eigenvalue weighted by atomic mass is 16.7. The van der Waals surface area contributed by atoms with E-state index < -0.39 is 24.4 Å². The summed E-state index contributed by atoms with van der Waals surface area (Å²) >= 11 is 0. The van der Waals surface area contributed by atoms with Crippen molar-refractivity contribution in [3.63, 3.8) is 0 Å². The number of carbonyl (C=O) groups is 1. The monoisotopic (exact) mass is 492 g/mol. The van der Waals surface area contributed by atoms with Crippen molar-refractivity contribution in [1.82, 2.24) is 9.78 Å². The first-order valence-electron chi connectivity index (χ1n) is 12.3. The van der Waals surface area contributed by atoms with Gasteiger partial charge in [-0.15, -0.1) is 0 Å². The molecule has 3 heterocycles. The van der Waals surface area contributed by atoms with E-state index >= 15 is 0 Å². The smallest absolute Gasteiger partial charge is 0.494 e. The maximum atomic E-state index is 11.3. The number of anilines is 1. The number of carbonyl (C=O) groups excluding carboxylic acids is 1. The average Bonchev–Trinajstić information content (AvgIpc) is 3.50. The number of ether oxygens (including phenoxy) is 2. The number of rotatable bonds is 6. The molecule has 36 heavy (non-hydrogen) atoms.